The van der Waals surface area contributed by atoms with Crippen molar-refractivity contribution in [3.63, 3.8) is 0 Å². The van der Waals surface area contributed by atoms with Crippen LogP contribution in [0.5, 0.6) is 0 Å². The number of anilines is 1. The molecule has 1 aromatic heterocycles. The molecular weight excluding hydrogens is 304 g/mol. The quantitative estimate of drug-likeness (QED) is 0.846. The SMILES string of the molecule is Cc1nc(N(C)C)nc2c1COC[C@]21CCN(C(=O)CC(C)C)C1. The normalized spacial score (nSPS) is 23.0. The number of rotatable bonds is 3. The van der Waals surface area contributed by atoms with Crippen LogP contribution in [0.2, 0.25) is 0 Å². The number of amides is 1. The minimum Gasteiger partial charge on any atom is -0.376 e. The van der Waals surface area contributed by atoms with Crippen LogP contribution in [-0.4, -0.2) is 54.6 Å². The van der Waals surface area contributed by atoms with Gasteiger partial charge in [-0.15, -0.1) is 0 Å². The molecule has 0 aliphatic carbocycles. The summed E-state index contributed by atoms with van der Waals surface area (Å²) in [5, 5.41) is 0. The molecule has 1 amide bonds. The van der Waals surface area contributed by atoms with Gasteiger partial charge in [0.1, 0.15) is 0 Å². The molecule has 0 saturated carbocycles. The summed E-state index contributed by atoms with van der Waals surface area (Å²) in [6, 6.07) is 0. The molecule has 132 valence electrons. The number of likely N-dealkylation sites (tertiary alicyclic amines) is 1. The van der Waals surface area contributed by atoms with E-state index in [1.807, 2.05) is 30.8 Å². The van der Waals surface area contributed by atoms with Crippen LogP contribution in [0.3, 0.4) is 0 Å². The van der Waals surface area contributed by atoms with E-state index in [9.17, 15) is 4.79 Å². The summed E-state index contributed by atoms with van der Waals surface area (Å²) < 4.78 is 5.89. The van der Waals surface area contributed by atoms with E-state index in [2.05, 4.69) is 18.8 Å². The number of carbonyl (C=O) groups excluding carboxylic acids is 1. The van der Waals surface area contributed by atoms with Crippen LogP contribution in [0.1, 0.15) is 43.6 Å². The zero-order valence-corrected chi connectivity index (χ0v) is 15.4. The fraction of sp³-hybridized carbons (Fsp3) is 0.722. The lowest BCUT2D eigenvalue weighted by Crippen LogP contribution is -2.42. The third kappa shape index (κ3) is 2.99. The first kappa shape index (κ1) is 17.1. The molecule has 2 aliphatic heterocycles. The van der Waals surface area contributed by atoms with Gasteiger partial charge in [-0.2, -0.15) is 0 Å². The lowest BCUT2D eigenvalue weighted by molar-refractivity contribution is -0.131. The van der Waals surface area contributed by atoms with Crippen molar-refractivity contribution in [3.8, 4) is 0 Å². The van der Waals surface area contributed by atoms with Crippen molar-refractivity contribution in [3.05, 3.63) is 17.0 Å². The Labute approximate surface area is 144 Å². The van der Waals surface area contributed by atoms with Crippen LogP contribution in [0, 0.1) is 12.8 Å². The molecule has 1 aromatic rings. The van der Waals surface area contributed by atoms with Gasteiger partial charge in [0.15, 0.2) is 0 Å². The molecule has 0 radical (unpaired) electrons. The van der Waals surface area contributed by atoms with E-state index >= 15 is 0 Å². The van der Waals surface area contributed by atoms with Gasteiger partial charge in [-0.05, 0) is 19.3 Å². The number of carbonyl (C=O) groups is 1. The Balaban J connectivity index is 1.93. The minimum atomic E-state index is -0.182. The van der Waals surface area contributed by atoms with Gasteiger partial charge in [-0.25, -0.2) is 9.97 Å². The lowest BCUT2D eigenvalue weighted by Gasteiger charge is -2.35. The van der Waals surface area contributed by atoms with E-state index in [1.165, 1.54) is 0 Å². The van der Waals surface area contributed by atoms with Gasteiger partial charge in [-0.1, -0.05) is 13.8 Å². The monoisotopic (exact) mass is 332 g/mol. The van der Waals surface area contributed by atoms with Gasteiger partial charge in [0.25, 0.3) is 0 Å². The maximum atomic E-state index is 12.5. The first-order valence-corrected chi connectivity index (χ1v) is 8.73. The fourth-order valence-electron chi connectivity index (χ4n) is 3.68. The van der Waals surface area contributed by atoms with Gasteiger partial charge in [0, 0.05) is 44.9 Å². The molecule has 6 nitrogen and oxygen atoms in total. The van der Waals surface area contributed by atoms with Gasteiger partial charge in [-0.3, -0.25) is 4.79 Å². The molecule has 0 unspecified atom stereocenters. The van der Waals surface area contributed by atoms with E-state index in [0.29, 0.717) is 32.1 Å². The smallest absolute Gasteiger partial charge is 0.225 e. The number of hydrogen-bond acceptors (Lipinski definition) is 5. The molecule has 1 saturated heterocycles. The van der Waals surface area contributed by atoms with E-state index in [1.54, 1.807) is 0 Å². The minimum absolute atomic E-state index is 0.182. The predicted molar refractivity (Wildman–Crippen MR) is 93.1 cm³/mol. The maximum Gasteiger partial charge on any atom is 0.225 e. The average molecular weight is 332 g/mol. The highest BCUT2D eigenvalue weighted by Gasteiger charge is 2.46. The Morgan fingerprint density at radius 2 is 2.12 bits per heavy atom. The first-order valence-electron chi connectivity index (χ1n) is 8.73. The number of aryl methyl sites for hydroxylation is 1. The fourth-order valence-corrected chi connectivity index (χ4v) is 3.68. The Morgan fingerprint density at radius 3 is 2.79 bits per heavy atom. The number of hydrogen-bond donors (Lipinski definition) is 0. The molecule has 3 heterocycles. The number of nitrogens with zero attached hydrogens (tertiary/aromatic N) is 4. The van der Waals surface area contributed by atoms with E-state index in [0.717, 1.165) is 35.9 Å². The van der Waals surface area contributed by atoms with Crippen LogP contribution in [0.15, 0.2) is 0 Å². The summed E-state index contributed by atoms with van der Waals surface area (Å²) in [6.07, 6.45) is 1.52. The summed E-state index contributed by atoms with van der Waals surface area (Å²) in [5.74, 6) is 1.36. The second-order valence-corrected chi connectivity index (χ2v) is 7.77. The van der Waals surface area contributed by atoms with Crippen molar-refractivity contribution in [2.45, 2.75) is 45.6 Å². The van der Waals surface area contributed by atoms with Gasteiger partial charge < -0.3 is 14.5 Å². The molecule has 1 atom stereocenters. The second kappa shape index (κ2) is 6.31. The van der Waals surface area contributed by atoms with Crippen LogP contribution >= 0.6 is 0 Å². The molecule has 1 fully saturated rings. The summed E-state index contributed by atoms with van der Waals surface area (Å²) in [4.78, 5) is 25.9. The number of fused-ring (bicyclic) bond motifs is 2. The third-order valence-corrected chi connectivity index (χ3v) is 5.02. The molecule has 0 aromatic carbocycles. The van der Waals surface area contributed by atoms with Crippen LogP contribution in [0.25, 0.3) is 0 Å². The van der Waals surface area contributed by atoms with Gasteiger partial charge in [0.2, 0.25) is 11.9 Å². The van der Waals surface area contributed by atoms with Crippen LogP contribution < -0.4 is 4.90 Å². The zero-order chi connectivity index (χ0) is 17.5. The summed E-state index contributed by atoms with van der Waals surface area (Å²) >= 11 is 0. The molecule has 24 heavy (non-hydrogen) atoms. The van der Waals surface area contributed by atoms with E-state index in [4.69, 9.17) is 9.72 Å². The van der Waals surface area contributed by atoms with Crippen molar-refractivity contribution < 1.29 is 9.53 Å². The second-order valence-electron chi connectivity index (χ2n) is 7.77. The van der Waals surface area contributed by atoms with E-state index in [-0.39, 0.29) is 11.3 Å². The predicted octanol–water partition coefficient (Wildman–Crippen LogP) is 1.90. The Bertz CT molecular complexity index is 644. The van der Waals surface area contributed by atoms with Crippen molar-refractivity contribution in [1.29, 1.82) is 0 Å². The lowest BCUT2D eigenvalue weighted by atomic mass is 9.80. The van der Waals surface area contributed by atoms with Crippen molar-refractivity contribution in [2.75, 3.05) is 38.7 Å². The molecule has 2 aliphatic rings. The highest BCUT2D eigenvalue weighted by molar-refractivity contribution is 5.77. The van der Waals surface area contributed by atoms with E-state index < -0.39 is 0 Å². The summed E-state index contributed by atoms with van der Waals surface area (Å²) in [7, 11) is 3.92. The topological polar surface area (TPSA) is 58.6 Å². The Hall–Kier alpha value is -1.69. The molecule has 6 heteroatoms. The zero-order valence-electron chi connectivity index (χ0n) is 15.4. The molecule has 0 bridgehead atoms. The van der Waals surface area contributed by atoms with Gasteiger partial charge in [0.05, 0.1) is 24.3 Å². The van der Waals surface area contributed by atoms with Crippen LogP contribution in [0.4, 0.5) is 5.95 Å². The highest BCUT2D eigenvalue weighted by atomic mass is 16.5. The largest absolute Gasteiger partial charge is 0.376 e. The number of aromatic nitrogens is 2. The molecule has 3 rings (SSSR count). The van der Waals surface area contributed by atoms with Crippen LogP contribution in [-0.2, 0) is 21.6 Å². The van der Waals surface area contributed by atoms with Crippen molar-refractivity contribution in [1.82, 2.24) is 14.9 Å². The number of ether oxygens (including phenoxy) is 1. The molecule has 0 N–H and O–H groups in total. The first-order chi connectivity index (χ1) is 11.3. The van der Waals surface area contributed by atoms with Crippen molar-refractivity contribution in [2.24, 2.45) is 5.92 Å². The maximum absolute atomic E-state index is 12.5. The molecule has 1 spiro atoms. The van der Waals surface area contributed by atoms with Gasteiger partial charge >= 0.3 is 0 Å². The Kier molecular flexibility index (Phi) is 4.51. The highest BCUT2D eigenvalue weighted by Crippen LogP contribution is 2.40. The molecular formula is C18H28N4O2. The standard InChI is InChI=1S/C18H28N4O2/c1-12(2)8-15(23)22-7-6-18(10-22)11-24-9-14-13(3)19-17(21(4)5)20-16(14)18/h12H,6-11H2,1-5H3/t18-/m1/s1. The summed E-state index contributed by atoms with van der Waals surface area (Å²) in [5.41, 5.74) is 2.99. The summed E-state index contributed by atoms with van der Waals surface area (Å²) in [6.45, 7) is 8.88. The third-order valence-electron chi connectivity index (χ3n) is 5.02. The Morgan fingerprint density at radius 1 is 1.38 bits per heavy atom. The average Bonchev–Trinajstić information content (AvgIpc) is 2.92. The van der Waals surface area contributed by atoms with Crippen molar-refractivity contribution >= 4 is 11.9 Å².